The topological polar surface area (TPSA) is 59.2 Å². The van der Waals surface area contributed by atoms with Crippen LogP contribution in [0.2, 0.25) is 0 Å². The van der Waals surface area contributed by atoms with E-state index in [1.165, 1.54) is 12.1 Å². The van der Waals surface area contributed by atoms with Gasteiger partial charge in [-0.15, -0.1) is 0 Å². The predicted octanol–water partition coefficient (Wildman–Crippen LogP) is 3.47. The second kappa shape index (κ2) is 7.04. The molecule has 0 saturated heterocycles. The first kappa shape index (κ1) is 15.9. The Hall–Kier alpha value is -3.02. The number of amides is 1. The number of aromatic nitrogens is 2. The zero-order valence-corrected chi connectivity index (χ0v) is 13.1. The van der Waals surface area contributed by atoms with Crippen molar-refractivity contribution in [3.8, 4) is 11.4 Å². The molecule has 2 aromatic carbocycles. The van der Waals surface area contributed by atoms with E-state index in [4.69, 9.17) is 4.52 Å². The van der Waals surface area contributed by atoms with Crippen molar-refractivity contribution in [2.75, 3.05) is 11.9 Å². The minimum Gasteiger partial charge on any atom is -0.339 e. The third kappa shape index (κ3) is 3.65. The summed E-state index contributed by atoms with van der Waals surface area (Å²) < 4.78 is 18.1. The first-order valence-electron chi connectivity index (χ1n) is 7.53. The number of benzene rings is 2. The van der Waals surface area contributed by atoms with E-state index in [1.807, 2.05) is 30.3 Å². The molecule has 0 radical (unpaired) electrons. The standard InChI is InChI=1S/C18H16FN3O2/c1-22(15-5-3-2-4-6-15)17(23)12-11-16-20-18(21-24-16)13-7-9-14(19)10-8-13/h2-10H,11-12H2,1H3. The molecule has 0 atom stereocenters. The average molecular weight is 325 g/mol. The van der Waals surface area contributed by atoms with Crippen LogP contribution in [0.4, 0.5) is 10.1 Å². The Morgan fingerprint density at radius 1 is 1.12 bits per heavy atom. The number of halogens is 1. The monoisotopic (exact) mass is 325 g/mol. The highest BCUT2D eigenvalue weighted by molar-refractivity contribution is 5.92. The lowest BCUT2D eigenvalue weighted by molar-refractivity contribution is -0.118. The largest absolute Gasteiger partial charge is 0.339 e. The number of nitrogens with zero attached hydrogens (tertiary/aromatic N) is 3. The highest BCUT2D eigenvalue weighted by Gasteiger charge is 2.14. The minimum atomic E-state index is -0.322. The van der Waals surface area contributed by atoms with Crippen LogP contribution in [-0.2, 0) is 11.2 Å². The van der Waals surface area contributed by atoms with Gasteiger partial charge in [0.15, 0.2) is 0 Å². The molecule has 6 heteroatoms. The molecule has 0 unspecified atom stereocenters. The highest BCUT2D eigenvalue weighted by Crippen LogP contribution is 2.17. The summed E-state index contributed by atoms with van der Waals surface area (Å²) in [4.78, 5) is 18.1. The van der Waals surface area contributed by atoms with Crippen LogP contribution in [0, 0.1) is 5.82 Å². The zero-order chi connectivity index (χ0) is 16.9. The normalized spacial score (nSPS) is 10.6. The van der Waals surface area contributed by atoms with Crippen LogP contribution in [0.25, 0.3) is 11.4 Å². The van der Waals surface area contributed by atoms with Crippen LogP contribution in [-0.4, -0.2) is 23.1 Å². The lowest BCUT2D eigenvalue weighted by Crippen LogP contribution is -2.26. The fraction of sp³-hybridized carbons (Fsp3) is 0.167. The second-order valence-electron chi connectivity index (χ2n) is 5.31. The van der Waals surface area contributed by atoms with Crippen LogP contribution >= 0.6 is 0 Å². The molecule has 0 spiro atoms. The van der Waals surface area contributed by atoms with Crippen LogP contribution in [0.1, 0.15) is 12.3 Å². The van der Waals surface area contributed by atoms with E-state index in [0.717, 1.165) is 5.69 Å². The van der Waals surface area contributed by atoms with Gasteiger partial charge in [-0.25, -0.2) is 4.39 Å². The summed E-state index contributed by atoms with van der Waals surface area (Å²) in [5, 5.41) is 3.86. The van der Waals surface area contributed by atoms with Crippen molar-refractivity contribution in [1.82, 2.24) is 10.1 Å². The van der Waals surface area contributed by atoms with Crippen LogP contribution in [0.15, 0.2) is 59.1 Å². The molecule has 1 heterocycles. The SMILES string of the molecule is CN(C(=O)CCc1nc(-c2ccc(F)cc2)no1)c1ccccc1. The first-order valence-corrected chi connectivity index (χ1v) is 7.53. The van der Waals surface area contributed by atoms with E-state index in [2.05, 4.69) is 10.1 Å². The van der Waals surface area contributed by atoms with Gasteiger partial charge in [-0.05, 0) is 36.4 Å². The molecule has 0 aliphatic heterocycles. The summed E-state index contributed by atoms with van der Waals surface area (Å²) >= 11 is 0. The molecule has 0 aliphatic carbocycles. The van der Waals surface area contributed by atoms with Gasteiger partial charge >= 0.3 is 0 Å². The van der Waals surface area contributed by atoms with Crippen molar-refractivity contribution < 1.29 is 13.7 Å². The molecular weight excluding hydrogens is 309 g/mol. The lowest BCUT2D eigenvalue weighted by atomic mass is 10.2. The maximum atomic E-state index is 12.9. The van der Waals surface area contributed by atoms with E-state index in [1.54, 1.807) is 24.1 Å². The third-order valence-electron chi connectivity index (χ3n) is 3.64. The fourth-order valence-corrected chi connectivity index (χ4v) is 2.25. The van der Waals surface area contributed by atoms with Gasteiger partial charge in [-0.2, -0.15) is 4.98 Å². The van der Waals surface area contributed by atoms with Gasteiger partial charge in [0.05, 0.1) is 0 Å². The van der Waals surface area contributed by atoms with Gasteiger partial charge in [0.2, 0.25) is 17.6 Å². The number of aryl methyl sites for hydroxylation is 1. The lowest BCUT2D eigenvalue weighted by Gasteiger charge is -2.16. The highest BCUT2D eigenvalue weighted by atomic mass is 19.1. The Labute approximate surface area is 138 Å². The number of hydrogen-bond acceptors (Lipinski definition) is 4. The van der Waals surface area contributed by atoms with E-state index < -0.39 is 0 Å². The summed E-state index contributed by atoms with van der Waals surface area (Å²) in [5.41, 5.74) is 1.50. The Balaban J connectivity index is 1.61. The maximum absolute atomic E-state index is 12.9. The number of rotatable bonds is 5. The summed E-state index contributed by atoms with van der Waals surface area (Å²) in [6.07, 6.45) is 0.612. The zero-order valence-electron chi connectivity index (χ0n) is 13.1. The van der Waals surface area contributed by atoms with Gasteiger partial charge in [0, 0.05) is 31.1 Å². The number of anilines is 1. The molecule has 122 valence electrons. The molecule has 3 rings (SSSR count). The van der Waals surface area contributed by atoms with Crippen molar-refractivity contribution in [3.63, 3.8) is 0 Å². The second-order valence-corrected chi connectivity index (χ2v) is 5.31. The van der Waals surface area contributed by atoms with E-state index in [0.29, 0.717) is 23.7 Å². The molecule has 0 fully saturated rings. The van der Waals surface area contributed by atoms with Crippen molar-refractivity contribution in [1.29, 1.82) is 0 Å². The van der Waals surface area contributed by atoms with Crippen molar-refractivity contribution in [2.24, 2.45) is 0 Å². The van der Waals surface area contributed by atoms with Crippen LogP contribution in [0.5, 0.6) is 0 Å². The summed E-state index contributed by atoms with van der Waals surface area (Å²) in [6.45, 7) is 0. The predicted molar refractivity (Wildman–Crippen MR) is 87.9 cm³/mol. The maximum Gasteiger partial charge on any atom is 0.227 e. The Morgan fingerprint density at radius 3 is 2.54 bits per heavy atom. The van der Waals surface area contributed by atoms with E-state index >= 15 is 0 Å². The Kier molecular flexibility index (Phi) is 4.65. The summed E-state index contributed by atoms with van der Waals surface area (Å²) in [7, 11) is 1.73. The molecule has 1 amide bonds. The van der Waals surface area contributed by atoms with Crippen molar-refractivity contribution >= 4 is 11.6 Å². The molecule has 24 heavy (non-hydrogen) atoms. The molecule has 0 bridgehead atoms. The summed E-state index contributed by atoms with van der Waals surface area (Å²) in [5.74, 6) is 0.401. The average Bonchev–Trinajstić information content (AvgIpc) is 3.09. The van der Waals surface area contributed by atoms with Gasteiger partial charge < -0.3 is 9.42 Å². The summed E-state index contributed by atoms with van der Waals surface area (Å²) in [6, 6.07) is 15.2. The smallest absolute Gasteiger partial charge is 0.227 e. The molecule has 0 aliphatic rings. The number of carbonyl (C=O) groups excluding carboxylic acids is 1. The molecule has 0 N–H and O–H groups in total. The quantitative estimate of drug-likeness (QED) is 0.721. The van der Waals surface area contributed by atoms with Gasteiger partial charge in [-0.3, -0.25) is 4.79 Å². The molecule has 0 saturated carbocycles. The number of para-hydroxylation sites is 1. The third-order valence-corrected chi connectivity index (χ3v) is 3.64. The molecular formula is C18H16FN3O2. The molecule has 3 aromatic rings. The molecule has 5 nitrogen and oxygen atoms in total. The van der Waals surface area contributed by atoms with Crippen molar-refractivity contribution in [3.05, 3.63) is 66.3 Å². The molecule has 1 aromatic heterocycles. The minimum absolute atomic E-state index is 0.0391. The Bertz CT molecular complexity index is 816. The fourth-order valence-electron chi connectivity index (χ4n) is 2.25. The van der Waals surface area contributed by atoms with Gasteiger partial charge in [-0.1, -0.05) is 23.4 Å². The van der Waals surface area contributed by atoms with Crippen LogP contribution < -0.4 is 4.90 Å². The van der Waals surface area contributed by atoms with Gasteiger partial charge in [0.25, 0.3) is 0 Å². The first-order chi connectivity index (χ1) is 11.6. The van der Waals surface area contributed by atoms with Gasteiger partial charge in [0.1, 0.15) is 5.82 Å². The Morgan fingerprint density at radius 2 is 1.83 bits per heavy atom. The van der Waals surface area contributed by atoms with E-state index in [9.17, 15) is 9.18 Å². The van der Waals surface area contributed by atoms with Crippen molar-refractivity contribution in [2.45, 2.75) is 12.8 Å². The number of hydrogen-bond donors (Lipinski definition) is 0. The number of carbonyl (C=O) groups is 1. The van der Waals surface area contributed by atoms with Crippen LogP contribution in [0.3, 0.4) is 0 Å². The van der Waals surface area contributed by atoms with E-state index in [-0.39, 0.29) is 18.1 Å².